The lowest BCUT2D eigenvalue weighted by atomic mass is 10.4. The number of hydrogen-bond donors (Lipinski definition) is 1. The van der Waals surface area contributed by atoms with Gasteiger partial charge < -0.3 is 10.1 Å². The Morgan fingerprint density at radius 1 is 1.47 bits per heavy atom. The fraction of sp³-hybridized carbons (Fsp3) is 0.727. The molecule has 15 heavy (non-hydrogen) atoms. The predicted octanol–water partition coefficient (Wildman–Crippen LogP) is 2.22. The molecule has 0 saturated carbocycles. The van der Waals surface area contributed by atoms with Crippen molar-refractivity contribution in [3.8, 4) is 0 Å². The highest BCUT2D eigenvalue weighted by molar-refractivity contribution is 7.09. The van der Waals surface area contributed by atoms with Crippen molar-refractivity contribution >= 4 is 11.3 Å². The molecule has 1 aromatic heterocycles. The summed E-state index contributed by atoms with van der Waals surface area (Å²) in [4.78, 5) is 4.53. The third-order valence-electron chi connectivity index (χ3n) is 2.00. The maximum Gasteiger partial charge on any atom is 0.0951 e. The molecule has 0 spiro atoms. The van der Waals surface area contributed by atoms with Crippen LogP contribution >= 0.6 is 11.3 Å². The normalized spacial score (nSPS) is 10.8. The highest BCUT2D eigenvalue weighted by Crippen LogP contribution is 2.10. The summed E-state index contributed by atoms with van der Waals surface area (Å²) < 4.78 is 5.30. The number of nitrogens with zero attached hydrogens (tertiary/aromatic N) is 1. The third kappa shape index (κ3) is 5.25. The van der Waals surface area contributed by atoms with Crippen LogP contribution < -0.4 is 5.32 Å². The molecule has 0 bridgehead atoms. The van der Waals surface area contributed by atoms with Crippen molar-refractivity contribution in [2.24, 2.45) is 0 Å². The van der Waals surface area contributed by atoms with E-state index in [2.05, 4.69) is 22.6 Å². The minimum Gasteiger partial charge on any atom is -0.381 e. The van der Waals surface area contributed by atoms with Gasteiger partial charge in [0.15, 0.2) is 0 Å². The van der Waals surface area contributed by atoms with Gasteiger partial charge in [0, 0.05) is 25.0 Å². The number of rotatable bonds is 8. The smallest absolute Gasteiger partial charge is 0.0951 e. The maximum absolute atomic E-state index is 5.30. The van der Waals surface area contributed by atoms with Crippen LogP contribution in [0.5, 0.6) is 0 Å². The Labute approximate surface area is 95.9 Å². The van der Waals surface area contributed by atoms with Gasteiger partial charge in [-0.05, 0) is 19.9 Å². The van der Waals surface area contributed by atoms with E-state index in [1.165, 1.54) is 11.4 Å². The maximum atomic E-state index is 5.30. The van der Waals surface area contributed by atoms with Gasteiger partial charge >= 0.3 is 0 Å². The fourth-order valence-corrected chi connectivity index (χ4v) is 2.02. The van der Waals surface area contributed by atoms with E-state index in [4.69, 9.17) is 4.74 Å². The molecule has 0 aromatic carbocycles. The molecular weight excluding hydrogens is 208 g/mol. The van der Waals surface area contributed by atoms with Gasteiger partial charge in [-0.3, -0.25) is 0 Å². The first-order valence-electron chi connectivity index (χ1n) is 5.58. The second kappa shape index (κ2) is 7.79. The monoisotopic (exact) mass is 228 g/mol. The van der Waals surface area contributed by atoms with Crippen molar-refractivity contribution in [2.75, 3.05) is 19.8 Å². The number of aromatic nitrogens is 1. The minimum absolute atomic E-state index is 0.784. The summed E-state index contributed by atoms with van der Waals surface area (Å²) >= 11 is 1.73. The summed E-state index contributed by atoms with van der Waals surface area (Å²) in [5.74, 6) is 0. The summed E-state index contributed by atoms with van der Waals surface area (Å²) in [6.07, 6.45) is 2.10. The van der Waals surface area contributed by atoms with Crippen LogP contribution in [-0.2, 0) is 17.7 Å². The Morgan fingerprint density at radius 3 is 3.07 bits per heavy atom. The van der Waals surface area contributed by atoms with Crippen molar-refractivity contribution in [3.05, 3.63) is 16.1 Å². The summed E-state index contributed by atoms with van der Waals surface area (Å²) in [6, 6.07) is 0. The van der Waals surface area contributed by atoms with Crippen LogP contribution in [0.1, 0.15) is 31.0 Å². The molecule has 0 aliphatic rings. The Balaban J connectivity index is 2.23. The van der Waals surface area contributed by atoms with E-state index >= 15 is 0 Å². The molecule has 0 saturated heterocycles. The molecule has 86 valence electrons. The van der Waals surface area contributed by atoms with Gasteiger partial charge in [0.1, 0.15) is 0 Å². The zero-order chi connectivity index (χ0) is 10.9. The Hall–Kier alpha value is -0.450. The quantitative estimate of drug-likeness (QED) is 0.693. The molecule has 1 rings (SSSR count). The highest BCUT2D eigenvalue weighted by Gasteiger charge is 2.01. The number of hydrogen-bond acceptors (Lipinski definition) is 4. The van der Waals surface area contributed by atoms with Crippen LogP contribution in [0, 0.1) is 0 Å². The number of ether oxygens (including phenoxy) is 1. The van der Waals surface area contributed by atoms with Crippen LogP contribution in [0.3, 0.4) is 0 Å². The molecule has 0 radical (unpaired) electrons. The van der Waals surface area contributed by atoms with Gasteiger partial charge in [0.2, 0.25) is 0 Å². The van der Waals surface area contributed by atoms with Gasteiger partial charge in [0.25, 0.3) is 0 Å². The zero-order valence-electron chi connectivity index (χ0n) is 9.58. The summed E-state index contributed by atoms with van der Waals surface area (Å²) in [5.41, 5.74) is 1.15. The molecule has 1 aromatic rings. The largest absolute Gasteiger partial charge is 0.381 e. The zero-order valence-corrected chi connectivity index (χ0v) is 10.4. The average molecular weight is 228 g/mol. The van der Waals surface area contributed by atoms with Gasteiger partial charge in [0.05, 0.1) is 17.3 Å². The van der Waals surface area contributed by atoms with E-state index in [0.717, 1.165) is 38.4 Å². The van der Waals surface area contributed by atoms with Crippen molar-refractivity contribution < 1.29 is 4.74 Å². The lowest BCUT2D eigenvalue weighted by Crippen LogP contribution is -2.14. The van der Waals surface area contributed by atoms with Crippen LogP contribution in [0.25, 0.3) is 0 Å². The molecular formula is C11H20N2OS. The SMILES string of the molecule is CCCNCc1csc(CCOCC)n1. The van der Waals surface area contributed by atoms with Gasteiger partial charge in [-0.15, -0.1) is 11.3 Å². The first-order valence-corrected chi connectivity index (χ1v) is 6.46. The van der Waals surface area contributed by atoms with Crippen molar-refractivity contribution in [1.82, 2.24) is 10.3 Å². The Morgan fingerprint density at radius 2 is 2.33 bits per heavy atom. The van der Waals surface area contributed by atoms with E-state index in [9.17, 15) is 0 Å². The number of nitrogens with one attached hydrogen (secondary N) is 1. The van der Waals surface area contributed by atoms with E-state index in [1.54, 1.807) is 11.3 Å². The molecule has 0 atom stereocenters. The fourth-order valence-electron chi connectivity index (χ4n) is 1.24. The third-order valence-corrected chi connectivity index (χ3v) is 2.95. The van der Waals surface area contributed by atoms with Crippen LogP contribution in [-0.4, -0.2) is 24.7 Å². The molecule has 1 heterocycles. The molecule has 0 amide bonds. The summed E-state index contributed by atoms with van der Waals surface area (Å²) in [7, 11) is 0. The van der Waals surface area contributed by atoms with Gasteiger partial charge in [-0.2, -0.15) is 0 Å². The number of thiazole rings is 1. The van der Waals surface area contributed by atoms with Crippen molar-refractivity contribution in [1.29, 1.82) is 0 Å². The van der Waals surface area contributed by atoms with Crippen LogP contribution in [0.15, 0.2) is 5.38 Å². The Bertz CT molecular complexity index is 238. The lowest BCUT2D eigenvalue weighted by Gasteiger charge is -1.99. The van der Waals surface area contributed by atoms with E-state index in [0.29, 0.717) is 0 Å². The predicted molar refractivity (Wildman–Crippen MR) is 64.3 cm³/mol. The molecule has 0 unspecified atom stereocenters. The van der Waals surface area contributed by atoms with Crippen LogP contribution in [0.2, 0.25) is 0 Å². The Kier molecular flexibility index (Phi) is 6.55. The van der Waals surface area contributed by atoms with Crippen molar-refractivity contribution in [3.63, 3.8) is 0 Å². The van der Waals surface area contributed by atoms with E-state index < -0.39 is 0 Å². The molecule has 0 fully saturated rings. The first kappa shape index (κ1) is 12.6. The molecule has 3 nitrogen and oxygen atoms in total. The topological polar surface area (TPSA) is 34.1 Å². The standard InChI is InChI=1S/C11H20N2OS/c1-3-6-12-8-10-9-15-11(13-10)5-7-14-4-2/h9,12H,3-8H2,1-2H3. The molecule has 0 aliphatic heterocycles. The van der Waals surface area contributed by atoms with Crippen molar-refractivity contribution in [2.45, 2.75) is 33.2 Å². The van der Waals surface area contributed by atoms with E-state index in [1.807, 2.05) is 6.92 Å². The summed E-state index contributed by atoms with van der Waals surface area (Å²) in [6.45, 7) is 7.70. The first-order chi connectivity index (χ1) is 7.36. The second-order valence-electron chi connectivity index (χ2n) is 3.36. The molecule has 4 heteroatoms. The van der Waals surface area contributed by atoms with E-state index in [-0.39, 0.29) is 0 Å². The van der Waals surface area contributed by atoms with Crippen LogP contribution in [0.4, 0.5) is 0 Å². The highest BCUT2D eigenvalue weighted by atomic mass is 32.1. The lowest BCUT2D eigenvalue weighted by molar-refractivity contribution is 0.151. The van der Waals surface area contributed by atoms with Gasteiger partial charge in [-0.1, -0.05) is 6.92 Å². The average Bonchev–Trinajstić information content (AvgIpc) is 2.67. The molecule has 1 N–H and O–H groups in total. The minimum atomic E-state index is 0.784. The van der Waals surface area contributed by atoms with Gasteiger partial charge in [-0.25, -0.2) is 4.98 Å². The summed E-state index contributed by atoms with van der Waals surface area (Å²) in [5, 5.41) is 6.65. The molecule has 0 aliphatic carbocycles. The second-order valence-corrected chi connectivity index (χ2v) is 4.30.